The molecule has 1 amide bonds. The molecule has 2 aromatic heterocycles. The molecule has 2 aromatic rings. The summed E-state index contributed by atoms with van der Waals surface area (Å²) in [4.78, 5) is 20.4. The van der Waals surface area contributed by atoms with E-state index in [0.717, 1.165) is 10.7 Å². The zero-order valence-corrected chi connectivity index (χ0v) is 12.9. The molecule has 0 fully saturated rings. The van der Waals surface area contributed by atoms with E-state index in [0.29, 0.717) is 6.54 Å². The number of carbonyl (C=O) groups is 1. The molecule has 0 aliphatic carbocycles. The van der Waals surface area contributed by atoms with Crippen molar-refractivity contribution >= 4 is 17.2 Å². The fourth-order valence-electron chi connectivity index (χ4n) is 1.60. The summed E-state index contributed by atoms with van der Waals surface area (Å²) in [6.45, 7) is 8.60. The van der Waals surface area contributed by atoms with E-state index in [2.05, 4.69) is 41.2 Å². The molecule has 0 unspecified atom stereocenters. The number of thiazole rings is 1. The number of rotatable bonds is 4. The van der Waals surface area contributed by atoms with Crippen LogP contribution in [0, 0.1) is 0 Å². The first-order valence-electron chi connectivity index (χ1n) is 6.44. The average molecular weight is 293 g/mol. The van der Waals surface area contributed by atoms with Gasteiger partial charge in [0.2, 0.25) is 5.91 Å². The third-order valence-corrected chi connectivity index (χ3v) is 4.17. The Bertz CT molecular complexity index is 570. The van der Waals surface area contributed by atoms with Gasteiger partial charge in [-0.05, 0) is 6.92 Å². The highest BCUT2D eigenvalue weighted by atomic mass is 32.1. The molecular formula is C13H19N5OS. The van der Waals surface area contributed by atoms with Crippen molar-refractivity contribution in [1.29, 1.82) is 0 Å². The SMILES string of the molecule is C[C@@H](C(=O)NCc1csc(C(C)(C)C)n1)n1cncn1. The number of nitrogens with one attached hydrogen (secondary N) is 1. The topological polar surface area (TPSA) is 72.7 Å². The summed E-state index contributed by atoms with van der Waals surface area (Å²) in [5.41, 5.74) is 0.931. The smallest absolute Gasteiger partial charge is 0.244 e. The molecule has 0 aliphatic heterocycles. The Hall–Kier alpha value is -1.76. The van der Waals surface area contributed by atoms with Gasteiger partial charge < -0.3 is 5.32 Å². The van der Waals surface area contributed by atoms with Crippen LogP contribution in [-0.4, -0.2) is 25.7 Å². The van der Waals surface area contributed by atoms with Crippen LogP contribution in [0.1, 0.15) is 44.4 Å². The zero-order valence-electron chi connectivity index (χ0n) is 12.1. The van der Waals surface area contributed by atoms with Gasteiger partial charge in [-0.15, -0.1) is 11.3 Å². The zero-order chi connectivity index (χ0) is 14.8. The van der Waals surface area contributed by atoms with Crippen molar-refractivity contribution in [2.45, 2.75) is 45.7 Å². The molecule has 0 aliphatic rings. The number of nitrogens with zero attached hydrogens (tertiary/aromatic N) is 4. The van der Waals surface area contributed by atoms with Crippen molar-refractivity contribution < 1.29 is 4.79 Å². The van der Waals surface area contributed by atoms with Crippen molar-refractivity contribution in [1.82, 2.24) is 25.1 Å². The Morgan fingerprint density at radius 1 is 1.50 bits per heavy atom. The van der Waals surface area contributed by atoms with Crippen molar-refractivity contribution in [3.8, 4) is 0 Å². The first-order valence-corrected chi connectivity index (χ1v) is 7.32. The first-order chi connectivity index (χ1) is 9.38. The molecule has 2 rings (SSSR count). The Kier molecular flexibility index (Phi) is 4.17. The van der Waals surface area contributed by atoms with Gasteiger partial charge in [0.1, 0.15) is 18.7 Å². The fraction of sp³-hybridized carbons (Fsp3) is 0.538. The van der Waals surface area contributed by atoms with E-state index in [1.165, 1.54) is 17.3 Å². The average Bonchev–Trinajstić information content (AvgIpc) is 3.04. The first kappa shape index (κ1) is 14.6. The fourth-order valence-corrected chi connectivity index (χ4v) is 2.50. The minimum atomic E-state index is -0.377. The summed E-state index contributed by atoms with van der Waals surface area (Å²) in [7, 11) is 0. The van der Waals surface area contributed by atoms with Crippen LogP contribution in [0.3, 0.4) is 0 Å². The van der Waals surface area contributed by atoms with Gasteiger partial charge in [-0.1, -0.05) is 20.8 Å². The second kappa shape index (κ2) is 5.70. The highest BCUT2D eigenvalue weighted by Crippen LogP contribution is 2.25. The van der Waals surface area contributed by atoms with Crippen LogP contribution < -0.4 is 5.32 Å². The maximum atomic E-state index is 12.0. The largest absolute Gasteiger partial charge is 0.349 e. The Balaban J connectivity index is 1.92. The molecule has 0 saturated heterocycles. The molecule has 7 heteroatoms. The van der Waals surface area contributed by atoms with Gasteiger partial charge in [0.25, 0.3) is 0 Å². The van der Waals surface area contributed by atoms with Crippen LogP contribution in [0.25, 0.3) is 0 Å². The summed E-state index contributed by atoms with van der Waals surface area (Å²) in [5.74, 6) is -0.0965. The van der Waals surface area contributed by atoms with E-state index in [4.69, 9.17) is 0 Å². The lowest BCUT2D eigenvalue weighted by atomic mass is 9.98. The summed E-state index contributed by atoms with van der Waals surface area (Å²) in [6, 6.07) is -0.377. The molecule has 6 nitrogen and oxygen atoms in total. The molecule has 2 heterocycles. The van der Waals surface area contributed by atoms with E-state index in [1.54, 1.807) is 18.3 Å². The maximum absolute atomic E-state index is 12.0. The summed E-state index contributed by atoms with van der Waals surface area (Å²) < 4.78 is 1.52. The van der Waals surface area contributed by atoms with E-state index in [1.807, 2.05) is 5.38 Å². The van der Waals surface area contributed by atoms with Crippen LogP contribution in [0.2, 0.25) is 0 Å². The van der Waals surface area contributed by atoms with Gasteiger partial charge in [0, 0.05) is 10.8 Å². The van der Waals surface area contributed by atoms with Crippen molar-refractivity contribution in [3.05, 3.63) is 28.7 Å². The van der Waals surface area contributed by atoms with Gasteiger partial charge in [-0.3, -0.25) is 4.79 Å². The number of hydrogen-bond acceptors (Lipinski definition) is 5. The van der Waals surface area contributed by atoms with Crippen LogP contribution >= 0.6 is 11.3 Å². The lowest BCUT2D eigenvalue weighted by Crippen LogP contribution is -2.31. The predicted octanol–water partition coefficient (Wildman–Crippen LogP) is 1.91. The molecule has 0 radical (unpaired) electrons. The van der Waals surface area contributed by atoms with Gasteiger partial charge in [-0.25, -0.2) is 14.6 Å². The number of carbonyl (C=O) groups excluding carboxylic acids is 1. The monoisotopic (exact) mass is 293 g/mol. The quantitative estimate of drug-likeness (QED) is 0.934. The lowest BCUT2D eigenvalue weighted by molar-refractivity contribution is -0.124. The van der Waals surface area contributed by atoms with E-state index in [9.17, 15) is 4.79 Å². The van der Waals surface area contributed by atoms with Crippen LogP contribution in [-0.2, 0) is 16.8 Å². The van der Waals surface area contributed by atoms with E-state index in [-0.39, 0.29) is 17.4 Å². The van der Waals surface area contributed by atoms with Gasteiger partial charge >= 0.3 is 0 Å². The van der Waals surface area contributed by atoms with Gasteiger partial charge in [0.05, 0.1) is 17.2 Å². The van der Waals surface area contributed by atoms with E-state index < -0.39 is 0 Å². The maximum Gasteiger partial charge on any atom is 0.244 e. The summed E-state index contributed by atoms with van der Waals surface area (Å²) in [6.07, 6.45) is 2.95. The third kappa shape index (κ3) is 3.41. The third-order valence-electron chi connectivity index (χ3n) is 2.85. The number of hydrogen-bond donors (Lipinski definition) is 1. The Morgan fingerprint density at radius 3 is 2.80 bits per heavy atom. The van der Waals surface area contributed by atoms with Crippen LogP contribution in [0.15, 0.2) is 18.0 Å². The number of amides is 1. The standard InChI is InChI=1S/C13H19N5OS/c1-9(18-8-14-7-16-18)11(19)15-5-10-6-20-12(17-10)13(2,3)4/h6-9H,5H2,1-4H3,(H,15,19)/t9-/m0/s1. The van der Waals surface area contributed by atoms with Crippen LogP contribution in [0.4, 0.5) is 0 Å². The Morgan fingerprint density at radius 2 is 2.25 bits per heavy atom. The normalized spacial score (nSPS) is 13.2. The molecule has 0 saturated carbocycles. The molecule has 0 spiro atoms. The molecule has 1 atom stereocenters. The van der Waals surface area contributed by atoms with Gasteiger partial charge in [-0.2, -0.15) is 5.10 Å². The number of aromatic nitrogens is 4. The Labute approximate surface area is 122 Å². The van der Waals surface area contributed by atoms with Crippen molar-refractivity contribution in [2.24, 2.45) is 0 Å². The molecule has 1 N–H and O–H groups in total. The molecule has 0 aromatic carbocycles. The second-order valence-corrected chi connectivity index (χ2v) is 6.52. The highest BCUT2D eigenvalue weighted by molar-refractivity contribution is 7.09. The minimum Gasteiger partial charge on any atom is -0.349 e. The highest BCUT2D eigenvalue weighted by Gasteiger charge is 2.19. The predicted molar refractivity (Wildman–Crippen MR) is 77.4 cm³/mol. The molecule has 0 bridgehead atoms. The molecular weight excluding hydrogens is 274 g/mol. The van der Waals surface area contributed by atoms with Crippen LogP contribution in [0.5, 0.6) is 0 Å². The van der Waals surface area contributed by atoms with Crippen molar-refractivity contribution in [3.63, 3.8) is 0 Å². The summed E-state index contributed by atoms with van der Waals surface area (Å²) >= 11 is 1.62. The minimum absolute atomic E-state index is 0.0426. The van der Waals surface area contributed by atoms with Crippen molar-refractivity contribution in [2.75, 3.05) is 0 Å². The van der Waals surface area contributed by atoms with E-state index >= 15 is 0 Å². The summed E-state index contributed by atoms with van der Waals surface area (Å²) in [5, 5.41) is 9.89. The second-order valence-electron chi connectivity index (χ2n) is 5.66. The molecule has 20 heavy (non-hydrogen) atoms. The molecule has 108 valence electrons. The lowest BCUT2D eigenvalue weighted by Gasteiger charge is -2.14. The van der Waals surface area contributed by atoms with Gasteiger partial charge in [0.15, 0.2) is 0 Å².